The molecule has 40 heavy (non-hydrogen) atoms. The van der Waals surface area contributed by atoms with Crippen molar-refractivity contribution in [2.24, 2.45) is 17.6 Å². The van der Waals surface area contributed by atoms with Gasteiger partial charge in [0.1, 0.15) is 12.4 Å². The Labute approximate surface area is 256 Å². The average Bonchev–Trinajstić information content (AvgIpc) is 3.14. The van der Waals surface area contributed by atoms with Crippen molar-refractivity contribution in [3.05, 3.63) is 53.2 Å². The maximum absolute atomic E-state index is 12.6. The molecule has 3 aliphatic heterocycles. The Kier molecular flexibility index (Phi) is 9.59. The van der Waals surface area contributed by atoms with Crippen LogP contribution in [0.15, 0.2) is 47.7 Å². The van der Waals surface area contributed by atoms with Crippen molar-refractivity contribution in [1.82, 2.24) is 14.7 Å². The Balaban J connectivity index is 0.00000370. The zero-order valence-corrected chi connectivity index (χ0v) is 25.3. The number of piperazine rings is 1. The number of carboxylic acid groups (broad SMARTS) is 1. The number of nitrogens with two attached hydrogens (primary N) is 1. The van der Waals surface area contributed by atoms with Crippen LogP contribution in [0.1, 0.15) is 19.4 Å². The summed E-state index contributed by atoms with van der Waals surface area (Å²) < 4.78 is 6.20. The van der Waals surface area contributed by atoms with Crippen LogP contribution >= 0.6 is 0 Å². The van der Waals surface area contributed by atoms with Gasteiger partial charge < -0.3 is 35.3 Å². The second-order valence-electron chi connectivity index (χ2n) is 10.8. The molecule has 2 amide bonds. The number of benzene rings is 2. The minimum atomic E-state index is -1.41. The van der Waals surface area contributed by atoms with E-state index in [0.717, 1.165) is 49.9 Å². The predicted molar refractivity (Wildman–Crippen MR) is 142 cm³/mol. The van der Waals surface area contributed by atoms with Gasteiger partial charge in [0.2, 0.25) is 11.8 Å². The first-order valence-electron chi connectivity index (χ1n) is 13.5. The molecule has 0 aromatic heterocycles. The van der Waals surface area contributed by atoms with Gasteiger partial charge in [0.25, 0.3) is 0 Å². The van der Waals surface area contributed by atoms with Crippen molar-refractivity contribution in [2.75, 3.05) is 45.9 Å². The number of amides is 2. The van der Waals surface area contributed by atoms with E-state index in [1.165, 1.54) is 10.5 Å². The smallest absolute Gasteiger partial charge is 0.543 e. The van der Waals surface area contributed by atoms with E-state index in [2.05, 4.69) is 21.9 Å². The first kappa shape index (κ1) is 30.5. The van der Waals surface area contributed by atoms with E-state index < -0.39 is 24.0 Å². The number of rotatable bonds is 10. The number of nitrogens with zero attached hydrogens (tertiary/aromatic N) is 3. The second kappa shape index (κ2) is 12.6. The van der Waals surface area contributed by atoms with E-state index in [1.807, 2.05) is 31.2 Å². The Morgan fingerprint density at radius 3 is 2.40 bits per heavy atom. The van der Waals surface area contributed by atoms with Crippen molar-refractivity contribution in [3.63, 3.8) is 0 Å². The third kappa shape index (κ3) is 5.79. The van der Waals surface area contributed by atoms with Crippen LogP contribution < -0.4 is 45.1 Å². The maximum Gasteiger partial charge on any atom is 1.00 e. The number of carbonyl (C=O) groups excluding carboxylic acids is 3. The molecular weight excluding hydrogens is 523 g/mol. The molecule has 4 atom stereocenters. The molecule has 2 aromatic rings. The van der Waals surface area contributed by atoms with Gasteiger partial charge in [0.05, 0.1) is 36.3 Å². The van der Waals surface area contributed by atoms with Crippen molar-refractivity contribution < 1.29 is 58.9 Å². The molecule has 0 spiro atoms. The molecule has 10 nitrogen and oxygen atoms in total. The number of fused-ring (bicyclic) bond motifs is 2. The molecule has 3 heterocycles. The fourth-order valence-electron chi connectivity index (χ4n) is 6.34. The van der Waals surface area contributed by atoms with Crippen LogP contribution in [0.3, 0.4) is 0 Å². The van der Waals surface area contributed by atoms with E-state index in [0.29, 0.717) is 17.9 Å². The van der Waals surface area contributed by atoms with Crippen LogP contribution in [-0.2, 0) is 20.8 Å². The Morgan fingerprint density at radius 1 is 1.10 bits per heavy atom. The summed E-state index contributed by atoms with van der Waals surface area (Å²) in [5.74, 6) is -2.35. The van der Waals surface area contributed by atoms with Gasteiger partial charge >= 0.3 is 29.6 Å². The normalized spacial score (nSPS) is 23.9. The zero-order chi connectivity index (χ0) is 27.8. The average molecular weight is 559 g/mol. The van der Waals surface area contributed by atoms with Crippen LogP contribution in [0.2, 0.25) is 0 Å². The first-order valence-corrected chi connectivity index (χ1v) is 13.5. The van der Waals surface area contributed by atoms with Crippen molar-refractivity contribution >= 4 is 28.6 Å². The molecule has 0 aliphatic carbocycles. The minimum absolute atomic E-state index is 0. The van der Waals surface area contributed by atoms with E-state index >= 15 is 0 Å². The fraction of sp³-hybridized carbons (Fsp3) is 0.483. The molecule has 2 fully saturated rings. The maximum atomic E-state index is 12.6. The zero-order valence-electron chi connectivity index (χ0n) is 23.3. The van der Waals surface area contributed by atoms with Crippen LogP contribution in [0, 0.1) is 11.8 Å². The molecule has 3 N–H and O–H groups in total. The van der Waals surface area contributed by atoms with Gasteiger partial charge in [-0.1, -0.05) is 37.3 Å². The van der Waals surface area contributed by atoms with Gasteiger partial charge in [0.15, 0.2) is 0 Å². The molecule has 5 rings (SSSR count). The molecule has 0 bridgehead atoms. The Bertz CT molecular complexity index is 1320. The molecule has 2 aromatic carbocycles. The van der Waals surface area contributed by atoms with Crippen LogP contribution in [0.4, 0.5) is 0 Å². The van der Waals surface area contributed by atoms with Crippen molar-refractivity contribution in [1.29, 1.82) is 0 Å². The summed E-state index contributed by atoms with van der Waals surface area (Å²) >= 11 is 0. The summed E-state index contributed by atoms with van der Waals surface area (Å²) in [6.45, 7) is 8.03. The predicted octanol–water partition coefficient (Wildman–Crippen LogP) is -3.27. The number of carbonyl (C=O) groups is 3. The summed E-state index contributed by atoms with van der Waals surface area (Å²) in [5, 5.41) is 24.1. The molecule has 2 saturated heterocycles. The molecule has 11 heteroatoms. The molecule has 208 valence electrons. The van der Waals surface area contributed by atoms with Gasteiger partial charge in [-0.15, -0.1) is 0 Å². The number of aliphatic carboxylic acids is 1. The van der Waals surface area contributed by atoms with Gasteiger partial charge in [-0.3, -0.25) is 14.5 Å². The molecule has 3 aliphatic rings. The number of hydrogen-bond donors (Lipinski definition) is 2. The topological polar surface area (TPSA) is 139 Å². The molecule has 0 radical (unpaired) electrons. The number of ether oxygens (including phenoxy) is 1. The Morgan fingerprint density at radius 2 is 1.75 bits per heavy atom. The number of hydrogen-bond acceptors (Lipinski definition) is 8. The summed E-state index contributed by atoms with van der Waals surface area (Å²) in [4.78, 5) is 41.5. The standard InChI is InChI=1S/C29H36N4O6.Na/c1-17-22(27(29(37)38)33-26(17)25(18(2)34)28(33)36)16-39-23-8-4-6-20-19(5-3-7-21(20)23)9-10-31-11-13-32(14-12-31)15-24(30)35;/h3-8,17-18,25-26,34H,9-16H2,1-2H3,(H2,30,35)(H,37,38);/q;+1/p-1/t17-,18+,25+,26+;/m0./s1. The summed E-state index contributed by atoms with van der Waals surface area (Å²) in [6.07, 6.45) is -0.00685. The number of primary amides is 1. The molecule has 0 unspecified atom stereocenters. The summed E-state index contributed by atoms with van der Waals surface area (Å²) in [6, 6.07) is 11.5. The number of β-lactam (4-membered cyclic amide) rings is 1. The van der Waals surface area contributed by atoms with Crippen LogP contribution in [0.5, 0.6) is 5.75 Å². The minimum Gasteiger partial charge on any atom is -0.543 e. The fourth-order valence-corrected chi connectivity index (χ4v) is 6.34. The Hall–Kier alpha value is -2.47. The van der Waals surface area contributed by atoms with Gasteiger partial charge in [-0.05, 0) is 35.9 Å². The molecular formula is C29H35N4NaO6. The summed E-state index contributed by atoms with van der Waals surface area (Å²) in [5.41, 5.74) is 6.88. The number of aliphatic hydroxyl groups excluding tert-OH is 1. The monoisotopic (exact) mass is 558 g/mol. The van der Waals surface area contributed by atoms with Crippen molar-refractivity contribution in [3.8, 4) is 5.75 Å². The SMILES string of the molecule is C[C@@H](O)[C@H]1C(=O)N2C(C(=O)[O-])=C(COc3cccc4c(CCN5CCN(CC(N)=O)CC5)cccc34)[C@H](C)[C@H]12.[Na+]. The number of aliphatic hydroxyl groups is 1. The largest absolute Gasteiger partial charge is 1.00 e. The van der Waals surface area contributed by atoms with Crippen LogP contribution in [0.25, 0.3) is 10.8 Å². The quantitative estimate of drug-likeness (QED) is 0.229. The number of carboxylic acids is 1. The first-order chi connectivity index (χ1) is 18.7. The van der Waals surface area contributed by atoms with Crippen molar-refractivity contribution in [2.45, 2.75) is 32.4 Å². The third-order valence-electron chi connectivity index (χ3n) is 8.41. The second-order valence-corrected chi connectivity index (χ2v) is 10.8. The van der Waals surface area contributed by atoms with E-state index in [4.69, 9.17) is 10.5 Å². The van der Waals surface area contributed by atoms with E-state index in [9.17, 15) is 24.6 Å². The summed E-state index contributed by atoms with van der Waals surface area (Å²) in [7, 11) is 0. The van der Waals surface area contributed by atoms with E-state index in [1.54, 1.807) is 6.92 Å². The van der Waals surface area contributed by atoms with Gasteiger partial charge in [0, 0.05) is 44.0 Å². The van der Waals surface area contributed by atoms with Gasteiger partial charge in [-0.2, -0.15) is 0 Å². The van der Waals surface area contributed by atoms with Gasteiger partial charge in [-0.25, -0.2) is 0 Å². The van der Waals surface area contributed by atoms with Crippen LogP contribution in [-0.4, -0.2) is 95.6 Å². The molecule has 0 saturated carbocycles. The van der Waals surface area contributed by atoms with E-state index in [-0.39, 0.29) is 59.6 Å². The third-order valence-corrected chi connectivity index (χ3v) is 8.41.